The van der Waals surface area contributed by atoms with Gasteiger partial charge in [0.1, 0.15) is 0 Å². The number of ether oxygens (including phenoxy) is 1. The van der Waals surface area contributed by atoms with Crippen molar-refractivity contribution in [1.29, 1.82) is 0 Å². The van der Waals surface area contributed by atoms with Gasteiger partial charge in [-0.05, 0) is 24.0 Å². The highest BCUT2D eigenvalue weighted by Gasteiger charge is 2.21. The molecule has 18 heavy (non-hydrogen) atoms. The molecule has 0 atom stereocenters. The molecule has 2 heterocycles. The first kappa shape index (κ1) is 13.6. The van der Waals surface area contributed by atoms with Gasteiger partial charge in [0.05, 0.1) is 18.1 Å². The molecule has 1 aromatic rings. The van der Waals surface area contributed by atoms with Gasteiger partial charge in [-0.15, -0.1) is 11.3 Å². The van der Waals surface area contributed by atoms with Crippen LogP contribution in [0.2, 0.25) is 0 Å². The Bertz CT molecular complexity index is 414. The minimum absolute atomic E-state index is 0.156. The average Bonchev–Trinajstić information content (AvgIpc) is 2.75. The number of carbonyl (C=O) groups is 1. The Kier molecular flexibility index (Phi) is 4.07. The zero-order valence-electron chi connectivity index (χ0n) is 11.4. The van der Waals surface area contributed by atoms with E-state index in [-0.39, 0.29) is 11.3 Å². The smallest absolute Gasteiger partial charge is 0.264 e. The van der Waals surface area contributed by atoms with Crippen LogP contribution >= 0.6 is 11.3 Å². The average molecular weight is 267 g/mol. The van der Waals surface area contributed by atoms with Crippen LogP contribution in [-0.4, -0.2) is 37.1 Å². The molecule has 0 aromatic carbocycles. The van der Waals surface area contributed by atoms with Crippen LogP contribution in [0.1, 0.15) is 35.3 Å². The predicted molar refractivity (Wildman–Crippen MR) is 74.2 cm³/mol. The molecule has 1 aromatic heterocycles. The van der Waals surface area contributed by atoms with Crippen molar-refractivity contribution in [3.63, 3.8) is 0 Å². The molecule has 1 fully saturated rings. The molecule has 2 rings (SSSR count). The normalized spacial score (nSPS) is 16.9. The Balaban J connectivity index is 2.02. The lowest BCUT2D eigenvalue weighted by molar-refractivity contribution is 0.0306. The third-order valence-corrected chi connectivity index (χ3v) is 3.95. The molecule has 4 heteroatoms. The van der Waals surface area contributed by atoms with E-state index in [1.54, 1.807) is 11.3 Å². The fraction of sp³-hybridized carbons (Fsp3) is 0.643. The molecule has 0 bridgehead atoms. The molecule has 0 N–H and O–H groups in total. The van der Waals surface area contributed by atoms with Crippen LogP contribution in [0.3, 0.4) is 0 Å². The van der Waals surface area contributed by atoms with Crippen molar-refractivity contribution >= 4 is 17.2 Å². The van der Waals surface area contributed by atoms with Gasteiger partial charge in [0.15, 0.2) is 0 Å². The third-order valence-electron chi connectivity index (χ3n) is 2.88. The van der Waals surface area contributed by atoms with Gasteiger partial charge >= 0.3 is 0 Å². The maximum absolute atomic E-state index is 12.3. The first-order chi connectivity index (χ1) is 8.46. The van der Waals surface area contributed by atoms with Gasteiger partial charge in [-0.25, -0.2) is 0 Å². The van der Waals surface area contributed by atoms with Gasteiger partial charge in [0.2, 0.25) is 0 Å². The molecule has 0 unspecified atom stereocenters. The highest BCUT2D eigenvalue weighted by molar-refractivity contribution is 7.14. The van der Waals surface area contributed by atoms with Crippen molar-refractivity contribution in [1.82, 2.24) is 4.90 Å². The maximum Gasteiger partial charge on any atom is 0.264 e. The van der Waals surface area contributed by atoms with E-state index in [2.05, 4.69) is 26.8 Å². The third kappa shape index (κ3) is 3.56. The number of thiophene rings is 1. The van der Waals surface area contributed by atoms with E-state index in [1.165, 1.54) is 4.88 Å². The summed E-state index contributed by atoms with van der Waals surface area (Å²) >= 11 is 1.63. The van der Waals surface area contributed by atoms with Crippen molar-refractivity contribution < 1.29 is 9.53 Å². The summed E-state index contributed by atoms with van der Waals surface area (Å²) in [7, 11) is 0. The van der Waals surface area contributed by atoms with Gasteiger partial charge in [-0.2, -0.15) is 0 Å². The summed E-state index contributed by atoms with van der Waals surface area (Å²) in [5.41, 5.74) is 0.268. The van der Waals surface area contributed by atoms with Crippen LogP contribution in [0, 0.1) is 5.41 Å². The van der Waals surface area contributed by atoms with Gasteiger partial charge in [0, 0.05) is 18.0 Å². The number of hydrogen-bond acceptors (Lipinski definition) is 3. The second-order valence-electron chi connectivity index (χ2n) is 5.91. The predicted octanol–water partition coefficient (Wildman–Crippen LogP) is 2.81. The molecular weight excluding hydrogens is 246 g/mol. The molecule has 100 valence electrons. The van der Waals surface area contributed by atoms with Crippen LogP contribution in [0.25, 0.3) is 0 Å². The standard InChI is InChI=1S/C14H21NO2S/c1-14(2,3)10-11-4-5-12(18-11)13(16)15-6-8-17-9-7-15/h4-5H,6-10H2,1-3H3. The molecule has 0 spiro atoms. The number of morpholine rings is 1. The van der Waals surface area contributed by atoms with E-state index in [4.69, 9.17) is 4.74 Å². The summed E-state index contributed by atoms with van der Waals surface area (Å²) in [4.78, 5) is 16.3. The van der Waals surface area contributed by atoms with Crippen LogP contribution in [0.15, 0.2) is 12.1 Å². The zero-order chi connectivity index (χ0) is 13.2. The summed E-state index contributed by atoms with van der Waals surface area (Å²) in [6, 6.07) is 4.05. The highest BCUT2D eigenvalue weighted by atomic mass is 32.1. The number of amides is 1. The minimum Gasteiger partial charge on any atom is -0.378 e. The summed E-state index contributed by atoms with van der Waals surface area (Å²) < 4.78 is 5.27. The fourth-order valence-corrected chi connectivity index (χ4v) is 3.31. The molecule has 3 nitrogen and oxygen atoms in total. The number of nitrogens with zero attached hydrogens (tertiary/aromatic N) is 1. The Labute approximate surface area is 113 Å². The lowest BCUT2D eigenvalue weighted by Crippen LogP contribution is -2.40. The molecule has 0 aliphatic carbocycles. The van der Waals surface area contributed by atoms with E-state index in [1.807, 2.05) is 11.0 Å². The van der Waals surface area contributed by atoms with Crippen molar-refractivity contribution in [2.24, 2.45) is 5.41 Å². The SMILES string of the molecule is CC(C)(C)Cc1ccc(C(=O)N2CCOCC2)s1. The second-order valence-corrected chi connectivity index (χ2v) is 7.08. The Hall–Kier alpha value is -0.870. The molecule has 1 amide bonds. The summed E-state index contributed by atoms with van der Waals surface area (Å²) in [5, 5.41) is 0. The summed E-state index contributed by atoms with van der Waals surface area (Å²) in [5.74, 6) is 0.156. The molecule has 1 aliphatic heterocycles. The Morgan fingerprint density at radius 3 is 2.61 bits per heavy atom. The van der Waals surface area contributed by atoms with Crippen LogP contribution < -0.4 is 0 Å². The maximum atomic E-state index is 12.3. The van der Waals surface area contributed by atoms with E-state index in [9.17, 15) is 4.79 Å². The lowest BCUT2D eigenvalue weighted by atomic mass is 9.92. The van der Waals surface area contributed by atoms with Gasteiger partial charge < -0.3 is 9.64 Å². The van der Waals surface area contributed by atoms with Crippen molar-refractivity contribution in [2.75, 3.05) is 26.3 Å². The molecular formula is C14H21NO2S. The summed E-state index contributed by atoms with van der Waals surface area (Å²) in [6.45, 7) is 9.40. The van der Waals surface area contributed by atoms with Gasteiger partial charge in [-0.1, -0.05) is 20.8 Å². The highest BCUT2D eigenvalue weighted by Crippen LogP contribution is 2.26. The van der Waals surface area contributed by atoms with E-state index in [0.29, 0.717) is 26.3 Å². The lowest BCUT2D eigenvalue weighted by Gasteiger charge is -2.26. The minimum atomic E-state index is 0.156. The number of rotatable bonds is 2. The molecule has 1 saturated heterocycles. The topological polar surface area (TPSA) is 29.5 Å². The van der Waals surface area contributed by atoms with Gasteiger partial charge in [0.25, 0.3) is 5.91 Å². The van der Waals surface area contributed by atoms with Crippen molar-refractivity contribution in [2.45, 2.75) is 27.2 Å². The van der Waals surface area contributed by atoms with Crippen molar-refractivity contribution in [3.05, 3.63) is 21.9 Å². The quantitative estimate of drug-likeness (QED) is 0.824. The zero-order valence-corrected chi connectivity index (χ0v) is 12.2. The van der Waals surface area contributed by atoms with Crippen molar-refractivity contribution in [3.8, 4) is 0 Å². The summed E-state index contributed by atoms with van der Waals surface area (Å²) in [6.07, 6.45) is 1.02. The Morgan fingerprint density at radius 2 is 2.00 bits per heavy atom. The Morgan fingerprint density at radius 1 is 1.33 bits per heavy atom. The van der Waals surface area contributed by atoms with Crippen LogP contribution in [0.4, 0.5) is 0 Å². The van der Waals surface area contributed by atoms with Crippen LogP contribution in [0.5, 0.6) is 0 Å². The van der Waals surface area contributed by atoms with E-state index >= 15 is 0 Å². The molecule has 0 saturated carbocycles. The number of hydrogen-bond donors (Lipinski definition) is 0. The van der Waals surface area contributed by atoms with E-state index < -0.39 is 0 Å². The largest absolute Gasteiger partial charge is 0.378 e. The fourth-order valence-electron chi connectivity index (χ4n) is 2.03. The first-order valence-electron chi connectivity index (χ1n) is 6.41. The monoisotopic (exact) mass is 267 g/mol. The molecule has 0 radical (unpaired) electrons. The van der Waals surface area contributed by atoms with E-state index in [0.717, 1.165) is 11.3 Å². The molecule has 1 aliphatic rings. The second kappa shape index (κ2) is 5.41. The number of carbonyl (C=O) groups excluding carboxylic acids is 1. The first-order valence-corrected chi connectivity index (χ1v) is 7.23. The van der Waals surface area contributed by atoms with Crippen LogP contribution in [-0.2, 0) is 11.2 Å². The van der Waals surface area contributed by atoms with Gasteiger partial charge in [-0.3, -0.25) is 4.79 Å².